The zero-order valence-electron chi connectivity index (χ0n) is 11.5. The lowest BCUT2D eigenvalue weighted by Gasteiger charge is -2.26. The van der Waals surface area contributed by atoms with Gasteiger partial charge in [0, 0.05) is 31.6 Å². The van der Waals surface area contributed by atoms with Gasteiger partial charge < -0.3 is 5.32 Å². The van der Waals surface area contributed by atoms with Crippen LogP contribution in [0.25, 0.3) is 0 Å². The van der Waals surface area contributed by atoms with Crippen LogP contribution in [-0.2, 0) is 19.5 Å². The second-order valence-corrected chi connectivity index (χ2v) is 6.12. The van der Waals surface area contributed by atoms with Crippen LogP contribution >= 0.6 is 11.3 Å². The number of nitrogens with one attached hydrogen (secondary N) is 1. The molecule has 0 radical (unpaired) electrons. The number of thiophene rings is 1. The van der Waals surface area contributed by atoms with Crippen molar-refractivity contribution in [1.82, 2.24) is 4.90 Å². The third-order valence-electron chi connectivity index (χ3n) is 3.72. The predicted molar refractivity (Wildman–Crippen MR) is 82.8 cm³/mol. The molecule has 2 aromatic rings. The van der Waals surface area contributed by atoms with Gasteiger partial charge in [-0.05, 0) is 17.5 Å². The quantitative estimate of drug-likeness (QED) is 0.940. The molecule has 1 aromatic heterocycles. The molecule has 0 unspecified atom stereocenters. The molecule has 20 heavy (non-hydrogen) atoms. The van der Waals surface area contributed by atoms with Crippen LogP contribution in [0.4, 0.5) is 5.00 Å². The monoisotopic (exact) mass is 283 g/mol. The summed E-state index contributed by atoms with van der Waals surface area (Å²) in [5.74, 6) is 0. The second kappa shape index (κ2) is 5.66. The Morgan fingerprint density at radius 2 is 2.15 bits per heavy atom. The van der Waals surface area contributed by atoms with Gasteiger partial charge >= 0.3 is 0 Å². The van der Waals surface area contributed by atoms with Crippen LogP contribution in [0, 0.1) is 11.3 Å². The summed E-state index contributed by atoms with van der Waals surface area (Å²) in [5.41, 5.74) is 3.46. The van der Waals surface area contributed by atoms with Gasteiger partial charge in [0.05, 0.1) is 5.56 Å². The van der Waals surface area contributed by atoms with Crippen molar-refractivity contribution in [3.63, 3.8) is 0 Å². The first-order valence-electron chi connectivity index (χ1n) is 6.80. The summed E-state index contributed by atoms with van der Waals surface area (Å²) >= 11 is 1.73. The predicted octanol–water partition coefficient (Wildman–Crippen LogP) is 3.22. The molecule has 0 spiro atoms. The lowest BCUT2D eigenvalue weighted by molar-refractivity contribution is 0.249. The van der Waals surface area contributed by atoms with Crippen molar-refractivity contribution < 1.29 is 0 Å². The highest BCUT2D eigenvalue weighted by atomic mass is 32.1. The molecule has 3 nitrogen and oxygen atoms in total. The smallest absolute Gasteiger partial charge is 0.107 e. The summed E-state index contributed by atoms with van der Waals surface area (Å²) in [6.07, 6.45) is 0.975. The van der Waals surface area contributed by atoms with Gasteiger partial charge in [0.15, 0.2) is 0 Å². The van der Waals surface area contributed by atoms with E-state index in [-0.39, 0.29) is 0 Å². The summed E-state index contributed by atoms with van der Waals surface area (Å²) in [6, 6.07) is 12.9. The molecule has 1 N–H and O–H groups in total. The molecule has 0 atom stereocenters. The zero-order valence-corrected chi connectivity index (χ0v) is 12.3. The molecular weight excluding hydrogens is 266 g/mol. The van der Waals surface area contributed by atoms with Crippen LogP contribution in [0.15, 0.2) is 30.3 Å². The molecule has 3 rings (SSSR count). The molecule has 1 aromatic carbocycles. The minimum absolute atomic E-state index is 0.854. The van der Waals surface area contributed by atoms with Crippen molar-refractivity contribution in [2.24, 2.45) is 0 Å². The normalized spacial score (nSPS) is 14.6. The third-order valence-corrected chi connectivity index (χ3v) is 4.96. The average Bonchev–Trinajstić information content (AvgIpc) is 2.85. The maximum atomic E-state index is 9.30. The maximum Gasteiger partial charge on any atom is 0.107 e. The molecule has 4 heteroatoms. The third kappa shape index (κ3) is 2.43. The first-order chi connectivity index (χ1) is 9.81. The zero-order chi connectivity index (χ0) is 13.9. The largest absolute Gasteiger partial charge is 0.379 e. The van der Waals surface area contributed by atoms with Crippen molar-refractivity contribution in [1.29, 1.82) is 5.26 Å². The van der Waals surface area contributed by atoms with Crippen molar-refractivity contribution >= 4 is 16.3 Å². The summed E-state index contributed by atoms with van der Waals surface area (Å²) in [6.45, 7) is 2.96. The first-order valence-corrected chi connectivity index (χ1v) is 7.62. The van der Waals surface area contributed by atoms with Gasteiger partial charge in [0.25, 0.3) is 0 Å². The number of nitrogens with zero attached hydrogens (tertiary/aromatic N) is 2. The minimum Gasteiger partial charge on any atom is -0.379 e. The molecule has 102 valence electrons. The molecule has 1 aliphatic rings. The summed E-state index contributed by atoms with van der Waals surface area (Å²) in [7, 11) is 1.89. The molecule has 0 bridgehead atoms. The Labute approximate surface area is 123 Å². The van der Waals surface area contributed by atoms with E-state index >= 15 is 0 Å². The van der Waals surface area contributed by atoms with Gasteiger partial charge in [-0.1, -0.05) is 30.3 Å². The standard InChI is InChI=1S/C16H17N3S/c1-18-16-14(9-17)13-7-8-19(11-15(13)20-16)10-12-5-3-2-4-6-12/h2-6,18H,7-8,10-11H2,1H3. The van der Waals surface area contributed by atoms with Crippen molar-refractivity contribution in [3.05, 3.63) is 51.9 Å². The maximum absolute atomic E-state index is 9.30. The fraction of sp³-hybridized carbons (Fsp3) is 0.312. The minimum atomic E-state index is 0.854. The van der Waals surface area contributed by atoms with Gasteiger partial charge in [-0.15, -0.1) is 11.3 Å². The Balaban J connectivity index is 1.79. The van der Waals surface area contributed by atoms with E-state index in [1.165, 1.54) is 16.0 Å². The van der Waals surface area contributed by atoms with Gasteiger partial charge in [-0.3, -0.25) is 4.90 Å². The number of anilines is 1. The molecule has 0 saturated heterocycles. The Kier molecular flexibility index (Phi) is 3.72. The number of benzene rings is 1. The van der Waals surface area contributed by atoms with Gasteiger partial charge in [-0.2, -0.15) is 5.26 Å². The molecule has 1 aliphatic heterocycles. The van der Waals surface area contributed by atoms with Crippen LogP contribution < -0.4 is 5.32 Å². The fourth-order valence-corrected chi connectivity index (χ4v) is 3.92. The van der Waals surface area contributed by atoms with E-state index in [2.05, 4.69) is 46.6 Å². The van der Waals surface area contributed by atoms with Crippen LogP contribution in [0.3, 0.4) is 0 Å². The molecular formula is C16H17N3S. The van der Waals surface area contributed by atoms with Gasteiger partial charge in [0.1, 0.15) is 11.1 Å². The van der Waals surface area contributed by atoms with E-state index in [1.807, 2.05) is 7.05 Å². The Morgan fingerprint density at radius 1 is 1.35 bits per heavy atom. The lowest BCUT2D eigenvalue weighted by Crippen LogP contribution is -2.29. The van der Waals surface area contributed by atoms with Crippen LogP contribution in [-0.4, -0.2) is 18.5 Å². The van der Waals surface area contributed by atoms with E-state index in [4.69, 9.17) is 0 Å². The van der Waals surface area contributed by atoms with E-state index in [1.54, 1.807) is 11.3 Å². The molecule has 2 heterocycles. The fourth-order valence-electron chi connectivity index (χ4n) is 2.73. The SMILES string of the molecule is CNc1sc2c(c1C#N)CCN(Cc1ccccc1)C2. The van der Waals surface area contributed by atoms with Crippen LogP contribution in [0.1, 0.15) is 21.6 Å². The summed E-state index contributed by atoms with van der Waals surface area (Å²) in [4.78, 5) is 3.79. The molecule has 0 amide bonds. The van der Waals surface area contributed by atoms with E-state index in [9.17, 15) is 5.26 Å². The first kappa shape index (κ1) is 13.2. The summed E-state index contributed by atoms with van der Waals surface area (Å²) < 4.78 is 0. The number of nitriles is 1. The number of rotatable bonds is 3. The molecule has 0 aliphatic carbocycles. The second-order valence-electron chi connectivity index (χ2n) is 5.02. The topological polar surface area (TPSA) is 39.1 Å². The molecule has 0 saturated carbocycles. The number of hydrogen-bond donors (Lipinski definition) is 1. The van der Waals surface area contributed by atoms with Crippen molar-refractivity contribution in [2.75, 3.05) is 18.9 Å². The van der Waals surface area contributed by atoms with Gasteiger partial charge in [0.2, 0.25) is 0 Å². The number of fused-ring (bicyclic) bond motifs is 1. The Morgan fingerprint density at radius 3 is 2.85 bits per heavy atom. The molecule has 0 fully saturated rings. The number of hydrogen-bond acceptors (Lipinski definition) is 4. The average molecular weight is 283 g/mol. The van der Waals surface area contributed by atoms with Crippen molar-refractivity contribution in [3.8, 4) is 6.07 Å². The lowest BCUT2D eigenvalue weighted by atomic mass is 10.0. The van der Waals surface area contributed by atoms with E-state index < -0.39 is 0 Å². The highest BCUT2D eigenvalue weighted by molar-refractivity contribution is 7.16. The van der Waals surface area contributed by atoms with Crippen LogP contribution in [0.5, 0.6) is 0 Å². The van der Waals surface area contributed by atoms with E-state index in [0.717, 1.165) is 36.6 Å². The van der Waals surface area contributed by atoms with Crippen molar-refractivity contribution in [2.45, 2.75) is 19.5 Å². The Hall–Kier alpha value is -1.83. The highest BCUT2D eigenvalue weighted by Crippen LogP contribution is 2.36. The van der Waals surface area contributed by atoms with E-state index in [0.29, 0.717) is 0 Å². The highest BCUT2D eigenvalue weighted by Gasteiger charge is 2.23. The Bertz CT molecular complexity index is 640. The van der Waals surface area contributed by atoms with Crippen LogP contribution in [0.2, 0.25) is 0 Å². The van der Waals surface area contributed by atoms with Gasteiger partial charge in [-0.25, -0.2) is 0 Å². The summed E-state index contributed by atoms with van der Waals surface area (Å²) in [5, 5.41) is 13.5.